The van der Waals surface area contributed by atoms with Gasteiger partial charge in [0.15, 0.2) is 10.4 Å². The van der Waals surface area contributed by atoms with E-state index in [1.807, 2.05) is 6.07 Å². The van der Waals surface area contributed by atoms with E-state index < -0.39 is 0 Å². The second-order valence-electron chi connectivity index (χ2n) is 2.84. The van der Waals surface area contributed by atoms with Crippen molar-refractivity contribution in [2.24, 2.45) is 0 Å². The number of carbonyl (C=O) groups is 1. The third kappa shape index (κ3) is 2.89. The van der Waals surface area contributed by atoms with E-state index in [9.17, 15) is 4.79 Å². The van der Waals surface area contributed by atoms with Gasteiger partial charge < -0.3 is 9.73 Å². The van der Waals surface area contributed by atoms with Gasteiger partial charge in [0.25, 0.3) is 5.91 Å². The highest BCUT2D eigenvalue weighted by Crippen LogP contribution is 2.13. The summed E-state index contributed by atoms with van der Waals surface area (Å²) in [5, 5.41) is 11.0. The second kappa shape index (κ2) is 4.82. The lowest BCUT2D eigenvalue weighted by Gasteiger charge is -2.07. The van der Waals surface area contributed by atoms with Crippen LogP contribution in [0.25, 0.3) is 0 Å². The summed E-state index contributed by atoms with van der Waals surface area (Å²) in [5.41, 5.74) is 0. The molecule has 0 saturated heterocycles. The highest BCUT2D eigenvalue weighted by atomic mass is 79.9. The van der Waals surface area contributed by atoms with Gasteiger partial charge in [0.1, 0.15) is 0 Å². The van der Waals surface area contributed by atoms with Crippen molar-refractivity contribution < 1.29 is 9.21 Å². The molecular weight excluding hydrogens is 248 g/mol. The molecule has 4 nitrogen and oxygen atoms in total. The van der Waals surface area contributed by atoms with E-state index in [2.05, 4.69) is 21.2 Å². The van der Waals surface area contributed by atoms with E-state index in [0.29, 0.717) is 4.67 Å². The van der Waals surface area contributed by atoms with E-state index in [-0.39, 0.29) is 24.1 Å². The molecule has 14 heavy (non-hydrogen) atoms. The lowest BCUT2D eigenvalue weighted by atomic mass is 10.2. The fraction of sp³-hybridized carbons (Fsp3) is 0.333. The van der Waals surface area contributed by atoms with Crippen molar-refractivity contribution in [3.05, 3.63) is 22.6 Å². The van der Waals surface area contributed by atoms with Crippen molar-refractivity contribution in [2.75, 3.05) is 0 Å². The SMILES string of the molecule is CC(CC#N)NC(=O)c1ccc(Br)o1. The molecule has 1 heterocycles. The lowest BCUT2D eigenvalue weighted by molar-refractivity contribution is 0.0911. The summed E-state index contributed by atoms with van der Waals surface area (Å²) in [4.78, 5) is 11.4. The van der Waals surface area contributed by atoms with E-state index in [0.717, 1.165) is 0 Å². The van der Waals surface area contributed by atoms with Gasteiger partial charge >= 0.3 is 0 Å². The number of nitrogens with one attached hydrogen (secondary N) is 1. The van der Waals surface area contributed by atoms with Crippen molar-refractivity contribution >= 4 is 21.8 Å². The van der Waals surface area contributed by atoms with Crippen molar-refractivity contribution in [2.45, 2.75) is 19.4 Å². The standard InChI is InChI=1S/C9H9BrN2O2/c1-6(4-5-11)12-9(13)7-2-3-8(10)14-7/h2-3,6H,4H2,1H3,(H,12,13). The van der Waals surface area contributed by atoms with Crippen LogP contribution in [0.4, 0.5) is 0 Å². The van der Waals surface area contributed by atoms with Crippen LogP contribution in [0, 0.1) is 11.3 Å². The van der Waals surface area contributed by atoms with Crippen LogP contribution in [0.2, 0.25) is 0 Å². The zero-order valence-corrected chi connectivity index (χ0v) is 9.17. The molecule has 1 atom stereocenters. The van der Waals surface area contributed by atoms with Crippen molar-refractivity contribution in [3.8, 4) is 6.07 Å². The minimum Gasteiger partial charge on any atom is -0.444 e. The molecule has 0 saturated carbocycles. The fourth-order valence-corrected chi connectivity index (χ4v) is 1.23. The molecule has 0 aliphatic rings. The maximum absolute atomic E-state index is 11.4. The minimum absolute atomic E-state index is 0.170. The van der Waals surface area contributed by atoms with Crippen LogP contribution in [-0.2, 0) is 0 Å². The molecule has 1 amide bonds. The zero-order chi connectivity index (χ0) is 10.6. The third-order valence-electron chi connectivity index (χ3n) is 1.57. The Morgan fingerprint density at radius 2 is 2.50 bits per heavy atom. The molecule has 1 aromatic heterocycles. The summed E-state index contributed by atoms with van der Waals surface area (Å²) < 4.78 is 5.56. The Hall–Kier alpha value is -1.28. The van der Waals surface area contributed by atoms with E-state index in [4.69, 9.17) is 9.68 Å². The van der Waals surface area contributed by atoms with Crippen LogP contribution in [-0.4, -0.2) is 11.9 Å². The average molecular weight is 257 g/mol. The van der Waals surface area contributed by atoms with Crippen molar-refractivity contribution in [1.29, 1.82) is 5.26 Å². The Morgan fingerprint density at radius 3 is 3.00 bits per heavy atom. The number of carbonyl (C=O) groups excluding carboxylic acids is 1. The number of nitriles is 1. The molecule has 74 valence electrons. The fourth-order valence-electron chi connectivity index (χ4n) is 0.919. The van der Waals surface area contributed by atoms with E-state index in [1.54, 1.807) is 19.1 Å². The van der Waals surface area contributed by atoms with Crippen molar-refractivity contribution in [3.63, 3.8) is 0 Å². The molecule has 0 spiro atoms. The highest BCUT2D eigenvalue weighted by Gasteiger charge is 2.12. The first kappa shape index (κ1) is 10.8. The highest BCUT2D eigenvalue weighted by molar-refractivity contribution is 9.10. The van der Waals surface area contributed by atoms with Gasteiger partial charge in [0, 0.05) is 6.04 Å². The summed E-state index contributed by atoms with van der Waals surface area (Å²) in [5.74, 6) is -0.0693. The van der Waals surface area contributed by atoms with Crippen LogP contribution < -0.4 is 5.32 Å². The van der Waals surface area contributed by atoms with Gasteiger partial charge in [-0.05, 0) is 35.0 Å². The normalized spacial score (nSPS) is 11.8. The number of furan rings is 1. The van der Waals surface area contributed by atoms with Crippen molar-refractivity contribution in [1.82, 2.24) is 5.32 Å². The van der Waals surface area contributed by atoms with Crippen LogP contribution in [0.1, 0.15) is 23.9 Å². The Kier molecular flexibility index (Phi) is 3.72. The molecule has 0 radical (unpaired) electrons. The number of nitrogens with zero attached hydrogens (tertiary/aromatic N) is 1. The molecule has 0 fully saturated rings. The van der Waals surface area contributed by atoms with Gasteiger partial charge in [-0.25, -0.2) is 0 Å². The maximum Gasteiger partial charge on any atom is 0.287 e. The molecule has 1 N–H and O–H groups in total. The number of hydrogen-bond donors (Lipinski definition) is 1. The van der Waals surface area contributed by atoms with E-state index >= 15 is 0 Å². The number of amides is 1. The van der Waals surface area contributed by atoms with Crippen LogP contribution >= 0.6 is 15.9 Å². The quantitative estimate of drug-likeness (QED) is 0.901. The molecule has 0 bridgehead atoms. The smallest absolute Gasteiger partial charge is 0.287 e. The third-order valence-corrected chi connectivity index (χ3v) is 2.00. The Labute approximate surface area is 90.0 Å². The Balaban J connectivity index is 2.55. The monoisotopic (exact) mass is 256 g/mol. The van der Waals surface area contributed by atoms with Gasteiger partial charge in [-0.15, -0.1) is 0 Å². The summed E-state index contributed by atoms with van der Waals surface area (Å²) in [6.07, 6.45) is 0.285. The molecule has 5 heteroatoms. The van der Waals surface area contributed by atoms with Crippen LogP contribution in [0.15, 0.2) is 21.2 Å². The molecular formula is C9H9BrN2O2. The molecule has 0 aromatic carbocycles. The molecule has 1 rings (SSSR count). The Morgan fingerprint density at radius 1 is 1.79 bits per heavy atom. The first-order valence-electron chi connectivity index (χ1n) is 4.06. The largest absolute Gasteiger partial charge is 0.444 e. The first-order chi connectivity index (χ1) is 6.63. The zero-order valence-electron chi connectivity index (χ0n) is 7.58. The van der Waals surface area contributed by atoms with E-state index in [1.165, 1.54) is 0 Å². The molecule has 0 aliphatic heterocycles. The lowest BCUT2D eigenvalue weighted by Crippen LogP contribution is -2.31. The topological polar surface area (TPSA) is 66.0 Å². The maximum atomic E-state index is 11.4. The summed E-state index contributed by atoms with van der Waals surface area (Å²) in [6.45, 7) is 1.76. The molecule has 0 aliphatic carbocycles. The van der Waals surface area contributed by atoms with Gasteiger partial charge in [0.2, 0.25) is 0 Å². The van der Waals surface area contributed by atoms with Gasteiger partial charge in [-0.2, -0.15) is 5.26 Å². The first-order valence-corrected chi connectivity index (χ1v) is 4.86. The summed E-state index contributed by atoms with van der Waals surface area (Å²) in [7, 11) is 0. The number of rotatable bonds is 3. The van der Waals surface area contributed by atoms with Gasteiger partial charge in [0.05, 0.1) is 12.5 Å². The predicted molar refractivity (Wildman–Crippen MR) is 53.6 cm³/mol. The number of hydrogen-bond acceptors (Lipinski definition) is 3. The average Bonchev–Trinajstić information content (AvgIpc) is 2.52. The van der Waals surface area contributed by atoms with Gasteiger partial charge in [-0.3, -0.25) is 4.79 Å². The number of halogens is 1. The van der Waals surface area contributed by atoms with Crippen LogP contribution in [0.5, 0.6) is 0 Å². The van der Waals surface area contributed by atoms with Crippen LogP contribution in [0.3, 0.4) is 0 Å². The molecule has 1 unspecified atom stereocenters. The summed E-state index contributed by atoms with van der Waals surface area (Å²) in [6, 6.07) is 5.02. The molecule has 1 aromatic rings. The Bertz CT molecular complexity index is 367. The minimum atomic E-state index is -0.307. The predicted octanol–water partition coefficient (Wildman–Crippen LogP) is 2.07. The summed E-state index contributed by atoms with van der Waals surface area (Å²) >= 11 is 3.10. The van der Waals surface area contributed by atoms with Gasteiger partial charge in [-0.1, -0.05) is 0 Å². The second-order valence-corrected chi connectivity index (χ2v) is 3.62.